The van der Waals surface area contributed by atoms with Gasteiger partial charge in [0.25, 0.3) is 0 Å². The van der Waals surface area contributed by atoms with E-state index in [2.05, 4.69) is 43.7 Å². The molecule has 3 heteroatoms. The Morgan fingerprint density at radius 2 is 1.89 bits per heavy atom. The maximum atomic E-state index is 12.2. The van der Waals surface area contributed by atoms with Crippen molar-refractivity contribution in [1.82, 2.24) is 4.72 Å². The highest BCUT2D eigenvalue weighted by Gasteiger charge is 2.29. The number of hydrogen-bond donors (Lipinski definition) is 1. The molecule has 0 aliphatic rings. The largest absolute Gasteiger partial charge is 0.598 e. The molecule has 2 nitrogen and oxygen atoms in total. The number of nitrogens with one attached hydrogen (secondary N) is 1. The Hall–Kier alpha value is -0.510. The first-order valence-corrected chi connectivity index (χ1v) is 7.66. The number of hydrogen-bond acceptors (Lipinski definition) is 2. The predicted octanol–water partition coefficient (Wildman–Crippen LogP) is 3.81. The van der Waals surface area contributed by atoms with E-state index in [0.29, 0.717) is 0 Å². The van der Waals surface area contributed by atoms with Gasteiger partial charge in [-0.15, -0.1) is 4.72 Å². The summed E-state index contributed by atoms with van der Waals surface area (Å²) in [6.07, 6.45) is 0.937. The summed E-state index contributed by atoms with van der Waals surface area (Å²) in [7, 11) is 0. The van der Waals surface area contributed by atoms with Gasteiger partial charge in [0.2, 0.25) is 0 Å². The second kappa shape index (κ2) is 6.09. The summed E-state index contributed by atoms with van der Waals surface area (Å²) < 4.78 is 15.2. The van der Waals surface area contributed by atoms with E-state index in [-0.39, 0.29) is 10.8 Å². The second-order valence-electron chi connectivity index (χ2n) is 5.82. The van der Waals surface area contributed by atoms with Crippen molar-refractivity contribution in [2.75, 3.05) is 0 Å². The zero-order chi connectivity index (χ0) is 13.9. The second-order valence-corrected chi connectivity index (χ2v) is 7.82. The highest BCUT2D eigenvalue weighted by Crippen LogP contribution is 2.25. The molecule has 102 valence electrons. The van der Waals surface area contributed by atoms with E-state index in [9.17, 15) is 4.55 Å². The van der Waals surface area contributed by atoms with E-state index in [1.54, 1.807) is 0 Å². The van der Waals surface area contributed by atoms with Crippen molar-refractivity contribution in [1.29, 1.82) is 0 Å². The van der Waals surface area contributed by atoms with Gasteiger partial charge in [-0.05, 0) is 52.2 Å². The van der Waals surface area contributed by atoms with Gasteiger partial charge in [-0.25, -0.2) is 0 Å². The molecule has 0 spiro atoms. The molecule has 0 amide bonds. The Kier molecular flexibility index (Phi) is 5.26. The summed E-state index contributed by atoms with van der Waals surface area (Å²) in [5.41, 5.74) is 3.76. The van der Waals surface area contributed by atoms with Crippen molar-refractivity contribution in [3.63, 3.8) is 0 Å². The maximum Gasteiger partial charge on any atom is 0.136 e. The zero-order valence-corrected chi connectivity index (χ0v) is 13.1. The van der Waals surface area contributed by atoms with Crippen LogP contribution in [-0.2, 0) is 11.4 Å². The Morgan fingerprint density at radius 3 is 2.39 bits per heavy atom. The summed E-state index contributed by atoms with van der Waals surface area (Å²) >= 11 is -1.03. The molecule has 1 aromatic rings. The third-order valence-electron chi connectivity index (χ3n) is 3.02. The van der Waals surface area contributed by atoms with E-state index in [1.807, 2.05) is 20.8 Å². The fourth-order valence-electron chi connectivity index (χ4n) is 1.81. The van der Waals surface area contributed by atoms with Gasteiger partial charge in [0.15, 0.2) is 0 Å². The van der Waals surface area contributed by atoms with Crippen molar-refractivity contribution in [3.05, 3.63) is 34.9 Å². The lowest BCUT2D eigenvalue weighted by Gasteiger charge is -2.28. The Bertz CT molecular complexity index is 398. The Balaban J connectivity index is 2.93. The number of benzene rings is 1. The van der Waals surface area contributed by atoms with Gasteiger partial charge < -0.3 is 4.55 Å². The fourth-order valence-corrected chi connectivity index (χ4v) is 2.71. The summed E-state index contributed by atoms with van der Waals surface area (Å²) in [6, 6.07) is 6.60. The van der Waals surface area contributed by atoms with Crippen LogP contribution >= 0.6 is 0 Å². The van der Waals surface area contributed by atoms with E-state index < -0.39 is 11.4 Å². The summed E-state index contributed by atoms with van der Waals surface area (Å²) in [4.78, 5) is 0. The van der Waals surface area contributed by atoms with Crippen LogP contribution < -0.4 is 4.72 Å². The van der Waals surface area contributed by atoms with Crippen molar-refractivity contribution in [2.45, 2.75) is 58.8 Å². The van der Waals surface area contributed by atoms with Crippen LogP contribution in [0.15, 0.2) is 18.2 Å². The lowest BCUT2D eigenvalue weighted by Crippen LogP contribution is -2.41. The molecule has 0 saturated heterocycles. The van der Waals surface area contributed by atoms with Crippen LogP contribution in [0, 0.1) is 13.8 Å². The van der Waals surface area contributed by atoms with Gasteiger partial charge in [0, 0.05) is 11.4 Å². The first-order chi connectivity index (χ1) is 8.25. The van der Waals surface area contributed by atoms with Crippen molar-refractivity contribution >= 4 is 11.4 Å². The van der Waals surface area contributed by atoms with Crippen LogP contribution in [0.2, 0.25) is 0 Å². The first-order valence-electron chi connectivity index (χ1n) is 6.51. The molecular formula is C15H25NOS. The average molecular weight is 267 g/mol. The lowest BCUT2D eigenvalue weighted by molar-refractivity contribution is 0.518. The molecule has 0 radical (unpaired) electrons. The van der Waals surface area contributed by atoms with Crippen molar-refractivity contribution in [2.24, 2.45) is 0 Å². The zero-order valence-electron chi connectivity index (χ0n) is 12.3. The van der Waals surface area contributed by atoms with Crippen LogP contribution in [0.3, 0.4) is 0 Å². The van der Waals surface area contributed by atoms with Crippen LogP contribution in [0.1, 0.15) is 56.8 Å². The van der Waals surface area contributed by atoms with E-state index in [1.165, 1.54) is 16.7 Å². The van der Waals surface area contributed by atoms with E-state index in [0.717, 1.165) is 6.42 Å². The lowest BCUT2D eigenvalue weighted by atomic mass is 9.98. The molecule has 1 N–H and O–H groups in total. The smallest absolute Gasteiger partial charge is 0.136 e. The Morgan fingerprint density at radius 1 is 1.28 bits per heavy atom. The molecule has 0 saturated carbocycles. The fraction of sp³-hybridized carbons (Fsp3) is 0.600. The molecule has 1 aromatic carbocycles. The molecule has 0 aliphatic heterocycles. The van der Waals surface area contributed by atoms with Crippen LogP contribution in [0.5, 0.6) is 0 Å². The van der Waals surface area contributed by atoms with Gasteiger partial charge in [0.05, 0.1) is 6.04 Å². The van der Waals surface area contributed by atoms with Gasteiger partial charge in [-0.2, -0.15) is 0 Å². The molecule has 0 heterocycles. The summed E-state index contributed by atoms with van der Waals surface area (Å²) in [5.74, 6) is 0. The Labute approximate surface area is 114 Å². The SMILES string of the molecule is CC[C@@H](N[S+]([O-])C(C)(C)C)c1cc(C)ccc1C. The molecule has 1 rings (SSSR count). The summed E-state index contributed by atoms with van der Waals surface area (Å²) in [5, 5.41) is 0. The molecule has 0 aromatic heterocycles. The third-order valence-corrected chi connectivity index (χ3v) is 4.63. The standard InChI is InChI=1S/C15H25NOS/c1-7-14(16-18(17)15(4,5)6)13-10-11(2)8-9-12(13)3/h8-10,14,16H,7H2,1-6H3/t14-,18?/m1/s1. The van der Waals surface area contributed by atoms with Crippen LogP contribution in [-0.4, -0.2) is 9.30 Å². The first kappa shape index (κ1) is 15.5. The van der Waals surface area contributed by atoms with E-state index >= 15 is 0 Å². The third kappa shape index (κ3) is 4.01. The molecule has 0 bridgehead atoms. The van der Waals surface area contributed by atoms with Crippen LogP contribution in [0.4, 0.5) is 0 Å². The maximum absolute atomic E-state index is 12.2. The average Bonchev–Trinajstić information content (AvgIpc) is 2.28. The number of rotatable bonds is 4. The monoisotopic (exact) mass is 267 g/mol. The number of aryl methyl sites for hydroxylation is 2. The minimum Gasteiger partial charge on any atom is -0.598 e. The molecule has 1 unspecified atom stereocenters. The molecule has 18 heavy (non-hydrogen) atoms. The van der Waals surface area contributed by atoms with Crippen molar-refractivity contribution < 1.29 is 4.55 Å². The van der Waals surface area contributed by atoms with Gasteiger partial charge in [-0.3, -0.25) is 0 Å². The minimum absolute atomic E-state index is 0.157. The predicted molar refractivity (Wildman–Crippen MR) is 80.0 cm³/mol. The highest BCUT2D eigenvalue weighted by molar-refractivity contribution is 7.90. The topological polar surface area (TPSA) is 35.1 Å². The highest BCUT2D eigenvalue weighted by atomic mass is 32.2. The molecule has 2 atom stereocenters. The molecule has 0 fully saturated rings. The normalized spacial score (nSPS) is 15.5. The summed E-state index contributed by atoms with van der Waals surface area (Å²) in [6.45, 7) is 12.3. The van der Waals surface area contributed by atoms with Gasteiger partial charge in [0.1, 0.15) is 4.75 Å². The van der Waals surface area contributed by atoms with E-state index in [4.69, 9.17) is 0 Å². The van der Waals surface area contributed by atoms with Crippen molar-refractivity contribution in [3.8, 4) is 0 Å². The van der Waals surface area contributed by atoms with Gasteiger partial charge >= 0.3 is 0 Å². The molecule has 0 aliphatic carbocycles. The minimum atomic E-state index is -1.03. The van der Waals surface area contributed by atoms with Crippen LogP contribution in [0.25, 0.3) is 0 Å². The molecular weight excluding hydrogens is 242 g/mol. The van der Waals surface area contributed by atoms with Gasteiger partial charge in [-0.1, -0.05) is 30.7 Å². The quantitative estimate of drug-likeness (QED) is 0.842.